The Balaban J connectivity index is 0.00000152. The van der Waals surface area contributed by atoms with Gasteiger partial charge in [0.2, 0.25) is 5.79 Å². The van der Waals surface area contributed by atoms with Crippen LogP contribution in [0, 0.1) is 97.6 Å². The molecule has 18 aliphatic rings. The highest BCUT2D eigenvalue weighted by Crippen LogP contribution is 2.65. The highest BCUT2D eigenvalue weighted by atomic mass is 19.3. The van der Waals surface area contributed by atoms with E-state index >= 15 is 0 Å². The number of fused-ring (bicyclic) bond motifs is 1. The van der Waals surface area contributed by atoms with Gasteiger partial charge in [0.15, 0.2) is 6.61 Å². The molecule has 0 aromatic carbocycles. The Kier molecular flexibility index (Phi) is 42.6. The minimum atomic E-state index is -4.39. The molecule has 0 radical (unpaired) electrons. The van der Waals surface area contributed by atoms with Crippen LogP contribution < -0.4 is 0 Å². The first-order valence-corrected chi connectivity index (χ1v) is 43.9. The molecule has 3 saturated heterocycles. The van der Waals surface area contributed by atoms with E-state index in [1.54, 1.807) is 13.8 Å². The SMILES string of the molecule is C.C.C.C.C.C.C.C.C.C.CCC(C)(C)C(=O)OC1(CC)C2CC3CC(C2)CC1C3.CCC(C)(C)C(=O)OC12CC3CC(C1)CC(C(=O)OCC1(C)OCC(F)(F)C(F)(F)CO1)(C3)C2.CCC(C)(C)C(=O)OC12CC3CC(CC(O)(C3)C1)C2.CCC(C)(C)C(=O)OCC(=O)OC1C2CC3CC(C2)C(=O)OC1C3.CCC1(OC(=O)C(C)(C)CC)CCCCC1. The molecule has 0 spiro atoms. The molecule has 0 aromatic rings. The Morgan fingerprint density at radius 1 is 0.439 bits per heavy atom. The van der Waals surface area contributed by atoms with E-state index < -0.39 is 94.3 Å². The number of alkyl halides is 4. The number of esters is 8. The van der Waals surface area contributed by atoms with E-state index in [0.717, 1.165) is 115 Å². The smallest absolute Gasteiger partial charge is 0.344 e. The maximum atomic E-state index is 13.6. The summed E-state index contributed by atoms with van der Waals surface area (Å²) < 4.78 is 110. The molecule has 0 aromatic heterocycles. The topological polar surface area (TPSA) is 249 Å². The average Bonchev–Trinajstić information content (AvgIpc) is 1.24. The molecule has 16 bridgehead atoms. The van der Waals surface area contributed by atoms with Crippen molar-refractivity contribution in [3.05, 3.63) is 0 Å². The van der Waals surface area contributed by atoms with Gasteiger partial charge in [0.05, 0.1) is 44.0 Å². The van der Waals surface area contributed by atoms with Gasteiger partial charge < -0.3 is 52.5 Å². The molecular weight excluding hydrogens is 1580 g/mol. The quantitative estimate of drug-likeness (QED) is 0.0601. The summed E-state index contributed by atoms with van der Waals surface area (Å²) >= 11 is 0. The van der Waals surface area contributed by atoms with E-state index in [9.17, 15) is 61.0 Å². The molecular formula is C100H182F4O19. The molecule has 23 heteroatoms. The first kappa shape index (κ1) is 118. The van der Waals surface area contributed by atoms with Crippen molar-refractivity contribution in [3.8, 4) is 0 Å². The highest BCUT2D eigenvalue weighted by molar-refractivity contribution is 5.81. The predicted molar refractivity (Wildman–Crippen MR) is 481 cm³/mol. The molecule has 15 aliphatic carbocycles. The number of hydrogen-bond donors (Lipinski definition) is 1. The molecule has 9 atom stereocenters. The zero-order valence-corrected chi connectivity index (χ0v) is 72.0. The second-order valence-electron chi connectivity index (χ2n) is 41.7. The van der Waals surface area contributed by atoms with E-state index in [4.69, 9.17) is 47.4 Å². The van der Waals surface area contributed by atoms with Crippen molar-refractivity contribution in [2.75, 3.05) is 26.4 Å². The van der Waals surface area contributed by atoms with Gasteiger partial charge in [0.25, 0.3) is 0 Å². The van der Waals surface area contributed by atoms with Crippen molar-refractivity contribution in [3.63, 3.8) is 0 Å². The van der Waals surface area contributed by atoms with Crippen LogP contribution in [-0.4, -0.2) is 137 Å². The van der Waals surface area contributed by atoms with Crippen LogP contribution in [0.3, 0.4) is 0 Å². The number of ether oxygens (including phenoxy) is 10. The Bertz CT molecular complexity index is 3330. The monoisotopic (exact) mass is 1760 g/mol. The van der Waals surface area contributed by atoms with E-state index in [1.807, 2.05) is 83.1 Å². The standard InChI is InChI=1S/C24H34F4O6.C18H26O6.C18H30O2.C16H26O3.C14H26O2.10CH4/c1-5-19(2,3)17(29)34-22-9-15-6-16(10-22)8-21(7-15,11-22)18(30)31-12-20(4)32-13-23(25,26)24(27,28)14-33-20;1-4-18(2,3)17(21)22-9-14(19)24-15-11-5-10-6-12(8-11)16(20)23-13(15)7-10;1-5-17(3,4)16(19)20-18(6-2)14-8-12-7-13(10-14)11-15(18)9-12;1-4-14(2,3)13(17)19-16-8-11-5-12(9-16)7-15(18,6-11)10-16;1-5-13(3,4)12(15)16-14(6-2)10-8-7-9-11-14;;;;;;;;;;/h15-16H,5-14H2,1-4H3;10-13,15H,4-9H2,1-3H3;12-15H,5-11H2,1-4H3;11-12,18H,4-10H2,1-3H3;5-11H2,1-4H3;10*1H4. The lowest BCUT2D eigenvalue weighted by Gasteiger charge is -2.60. The molecule has 19 nitrogen and oxygen atoms in total. The number of carbonyl (C=O) groups excluding carboxylic acids is 8. The third kappa shape index (κ3) is 26.2. The number of halogens is 4. The summed E-state index contributed by atoms with van der Waals surface area (Å²) in [5.74, 6) is -7.43. The van der Waals surface area contributed by atoms with Gasteiger partial charge in [-0.2, -0.15) is 17.6 Å². The van der Waals surface area contributed by atoms with Crippen molar-refractivity contribution < 1.29 is 108 Å². The summed E-state index contributed by atoms with van der Waals surface area (Å²) in [7, 11) is 0. The fraction of sp³-hybridized carbons (Fsp3) is 0.920. The molecule has 3 heterocycles. The van der Waals surface area contributed by atoms with Gasteiger partial charge in [0.1, 0.15) is 54.4 Å². The number of rotatable bonds is 22. The van der Waals surface area contributed by atoms with Crippen molar-refractivity contribution in [1.29, 1.82) is 0 Å². The second-order valence-corrected chi connectivity index (χ2v) is 41.7. The van der Waals surface area contributed by atoms with Gasteiger partial charge in [-0.15, -0.1) is 0 Å². The van der Waals surface area contributed by atoms with Gasteiger partial charge in [-0.1, -0.05) is 129 Å². The van der Waals surface area contributed by atoms with E-state index in [0.29, 0.717) is 81.0 Å². The van der Waals surface area contributed by atoms with Crippen LogP contribution in [0.4, 0.5) is 17.6 Å². The van der Waals surface area contributed by atoms with Crippen molar-refractivity contribution in [1.82, 2.24) is 0 Å². The fourth-order valence-corrected chi connectivity index (χ4v) is 22.5. The largest absolute Gasteiger partial charge is 0.460 e. The zero-order valence-electron chi connectivity index (χ0n) is 72.0. The summed E-state index contributed by atoms with van der Waals surface area (Å²) in [6.07, 6.45) is 30.3. The van der Waals surface area contributed by atoms with Crippen molar-refractivity contribution >= 4 is 47.8 Å². The van der Waals surface area contributed by atoms with Crippen LogP contribution in [0.2, 0.25) is 0 Å². The van der Waals surface area contributed by atoms with Gasteiger partial charge in [-0.25, -0.2) is 4.79 Å². The molecule has 9 unspecified atom stereocenters. The molecule has 123 heavy (non-hydrogen) atoms. The van der Waals surface area contributed by atoms with Gasteiger partial charge >= 0.3 is 59.6 Å². The van der Waals surface area contributed by atoms with Crippen LogP contribution in [0.1, 0.15) is 411 Å². The Hall–Kier alpha value is -4.64. The molecule has 724 valence electrons. The van der Waals surface area contributed by atoms with Gasteiger partial charge in [0, 0.05) is 18.8 Å². The molecule has 1 N–H and O–H groups in total. The van der Waals surface area contributed by atoms with E-state index in [2.05, 4.69) is 20.8 Å². The Morgan fingerprint density at radius 2 is 0.829 bits per heavy atom. The van der Waals surface area contributed by atoms with Crippen LogP contribution in [-0.2, 0) is 85.7 Å². The molecule has 18 fully saturated rings. The number of hydrogen-bond acceptors (Lipinski definition) is 19. The molecule has 15 saturated carbocycles. The third-order valence-electron chi connectivity index (χ3n) is 30.8. The van der Waals surface area contributed by atoms with Crippen LogP contribution in [0.15, 0.2) is 0 Å². The maximum absolute atomic E-state index is 13.6. The van der Waals surface area contributed by atoms with Gasteiger partial charge in [-0.3, -0.25) is 33.6 Å². The summed E-state index contributed by atoms with van der Waals surface area (Å²) in [6.45, 7) is 30.6. The van der Waals surface area contributed by atoms with Crippen LogP contribution in [0.5, 0.6) is 0 Å². The molecule has 18 rings (SSSR count). The Morgan fingerprint density at radius 3 is 1.24 bits per heavy atom. The summed E-state index contributed by atoms with van der Waals surface area (Å²) in [4.78, 5) is 99.4. The lowest BCUT2D eigenvalue weighted by molar-refractivity contribution is -0.254. The summed E-state index contributed by atoms with van der Waals surface area (Å²) in [6, 6.07) is 0. The molecule has 3 aliphatic heterocycles. The van der Waals surface area contributed by atoms with Crippen LogP contribution >= 0.6 is 0 Å². The lowest BCUT2D eigenvalue weighted by atomic mass is 9.48. The average molecular weight is 1760 g/mol. The third-order valence-corrected chi connectivity index (χ3v) is 30.8. The summed E-state index contributed by atoms with van der Waals surface area (Å²) in [5, 5.41) is 10.6. The zero-order chi connectivity index (χ0) is 83.4. The lowest BCUT2D eigenvalue weighted by Crippen LogP contribution is -2.61. The molecule has 0 amide bonds. The predicted octanol–water partition coefficient (Wildman–Crippen LogP) is 25.2. The van der Waals surface area contributed by atoms with E-state index in [1.165, 1.54) is 64.7 Å². The number of aliphatic hydroxyl groups is 1. The van der Waals surface area contributed by atoms with Crippen LogP contribution in [0.25, 0.3) is 0 Å². The van der Waals surface area contributed by atoms with Crippen molar-refractivity contribution in [2.45, 2.75) is 469 Å². The minimum Gasteiger partial charge on any atom is -0.460 e. The fourth-order valence-electron chi connectivity index (χ4n) is 22.5. The Labute approximate surface area is 745 Å². The second kappa shape index (κ2) is 44.3. The van der Waals surface area contributed by atoms with E-state index in [-0.39, 0.29) is 168 Å². The van der Waals surface area contributed by atoms with Gasteiger partial charge in [-0.05, 0) is 322 Å². The number of carbonyl (C=O) groups is 8. The normalized spacial score (nSPS) is 33.6. The first-order valence-electron chi connectivity index (χ1n) is 43.9. The maximum Gasteiger partial charge on any atom is 0.344 e. The first-order chi connectivity index (χ1) is 52.5. The highest BCUT2D eigenvalue weighted by Gasteiger charge is 2.66. The van der Waals surface area contributed by atoms with Crippen molar-refractivity contribution in [2.24, 2.45) is 97.6 Å². The summed E-state index contributed by atoms with van der Waals surface area (Å²) in [5.41, 5.74) is -5.12. The minimum absolute atomic E-state index is 0.